The van der Waals surface area contributed by atoms with Gasteiger partial charge >= 0.3 is 5.97 Å². The molecule has 1 saturated heterocycles. The number of ether oxygens (including phenoxy) is 3. The molecule has 7 nitrogen and oxygen atoms in total. The molecule has 0 saturated carbocycles. The molecule has 1 aliphatic rings. The molecule has 3 aromatic carbocycles. The van der Waals surface area contributed by atoms with Gasteiger partial charge in [0.1, 0.15) is 22.2 Å². The van der Waals surface area contributed by atoms with Crippen molar-refractivity contribution >= 4 is 15.8 Å². The van der Waals surface area contributed by atoms with Gasteiger partial charge in [-0.25, -0.2) is 12.8 Å². The molecule has 0 spiro atoms. The highest BCUT2D eigenvalue weighted by Gasteiger charge is 2.42. The Labute approximate surface area is 228 Å². The lowest BCUT2D eigenvalue weighted by Gasteiger charge is -2.40. The van der Waals surface area contributed by atoms with Crippen LogP contribution >= 0.6 is 0 Å². The summed E-state index contributed by atoms with van der Waals surface area (Å²) in [5, 5.41) is 9.23. The monoisotopic (exact) mass is 556 g/mol. The largest absolute Gasteiger partial charge is 0.494 e. The standard InChI is InChI=1S/C30H33FO7S/c1-20-5-6-22(14-26(20)25-9-8-24(13-21(25)2)37-11-4-12-39(3,34)35)17-38-28-10-7-23(15-27(28)31)30(16-29(32)33)18-36-19-30/h5-10,13-15H,4,11-12,16-19H2,1-3H3,(H,32,33). The first-order valence-electron chi connectivity index (χ1n) is 12.7. The van der Waals surface area contributed by atoms with Gasteiger partial charge in [-0.05, 0) is 84.0 Å². The molecule has 0 radical (unpaired) electrons. The summed E-state index contributed by atoms with van der Waals surface area (Å²) in [6.45, 7) is 4.99. The Hall–Kier alpha value is -3.43. The van der Waals surface area contributed by atoms with Crippen LogP contribution in [0.25, 0.3) is 11.1 Å². The van der Waals surface area contributed by atoms with Crippen LogP contribution in [0, 0.1) is 19.7 Å². The van der Waals surface area contributed by atoms with Crippen LogP contribution in [-0.4, -0.2) is 51.3 Å². The van der Waals surface area contributed by atoms with Gasteiger partial charge in [0, 0.05) is 6.26 Å². The Bertz CT molecular complexity index is 1460. The summed E-state index contributed by atoms with van der Waals surface area (Å²) in [5.41, 5.74) is 4.89. The molecule has 4 rings (SSSR count). The molecule has 39 heavy (non-hydrogen) atoms. The van der Waals surface area contributed by atoms with Gasteiger partial charge in [0.25, 0.3) is 0 Å². The Balaban J connectivity index is 1.43. The molecule has 1 aliphatic heterocycles. The van der Waals surface area contributed by atoms with Crippen LogP contribution in [0.1, 0.15) is 35.1 Å². The van der Waals surface area contributed by atoms with E-state index in [1.54, 1.807) is 12.1 Å². The predicted octanol–water partition coefficient (Wildman–Crippen LogP) is 5.24. The Morgan fingerprint density at radius 1 is 1.00 bits per heavy atom. The zero-order chi connectivity index (χ0) is 28.2. The summed E-state index contributed by atoms with van der Waals surface area (Å²) in [5.74, 6) is -0.623. The third-order valence-electron chi connectivity index (χ3n) is 6.90. The van der Waals surface area contributed by atoms with E-state index in [4.69, 9.17) is 14.2 Å². The Morgan fingerprint density at radius 2 is 1.77 bits per heavy atom. The first-order valence-corrected chi connectivity index (χ1v) is 14.8. The molecule has 0 aliphatic carbocycles. The molecule has 9 heteroatoms. The van der Waals surface area contributed by atoms with E-state index in [1.807, 2.05) is 50.2 Å². The first-order chi connectivity index (χ1) is 18.5. The number of hydrogen-bond donors (Lipinski definition) is 1. The van der Waals surface area contributed by atoms with E-state index in [-0.39, 0.29) is 37.7 Å². The van der Waals surface area contributed by atoms with E-state index < -0.39 is 27.0 Å². The molecule has 0 atom stereocenters. The van der Waals surface area contributed by atoms with E-state index in [0.717, 1.165) is 27.8 Å². The van der Waals surface area contributed by atoms with Crippen LogP contribution < -0.4 is 9.47 Å². The quantitative estimate of drug-likeness (QED) is 0.305. The summed E-state index contributed by atoms with van der Waals surface area (Å²) in [6, 6.07) is 16.3. The average molecular weight is 557 g/mol. The maximum Gasteiger partial charge on any atom is 0.304 e. The summed E-state index contributed by atoms with van der Waals surface area (Å²) in [6.07, 6.45) is 1.53. The number of carboxylic acid groups (broad SMARTS) is 1. The Morgan fingerprint density at radius 3 is 2.38 bits per heavy atom. The van der Waals surface area contributed by atoms with Crippen molar-refractivity contribution in [1.82, 2.24) is 0 Å². The number of rotatable bonds is 12. The average Bonchev–Trinajstić information content (AvgIpc) is 2.84. The minimum Gasteiger partial charge on any atom is -0.494 e. The SMILES string of the molecule is Cc1cc(OCCCS(C)(=O)=O)ccc1-c1cc(COc2ccc(C3(CC(=O)O)COC3)cc2F)ccc1C. The number of carbonyl (C=O) groups is 1. The fraction of sp³-hybridized carbons (Fsp3) is 0.367. The minimum absolute atomic E-state index is 0.0899. The van der Waals surface area contributed by atoms with Gasteiger partial charge in [-0.1, -0.05) is 24.3 Å². The minimum atomic E-state index is -3.01. The van der Waals surface area contributed by atoms with E-state index >= 15 is 0 Å². The lowest BCUT2D eigenvalue weighted by Crippen LogP contribution is -2.48. The maximum absolute atomic E-state index is 14.9. The number of aliphatic carboxylic acids is 1. The van der Waals surface area contributed by atoms with E-state index in [0.29, 0.717) is 24.3 Å². The summed E-state index contributed by atoms with van der Waals surface area (Å²) >= 11 is 0. The second-order valence-electron chi connectivity index (χ2n) is 10.2. The highest BCUT2D eigenvalue weighted by molar-refractivity contribution is 7.90. The van der Waals surface area contributed by atoms with Gasteiger partial charge in [-0.15, -0.1) is 0 Å². The van der Waals surface area contributed by atoms with Crippen molar-refractivity contribution in [2.24, 2.45) is 0 Å². The van der Waals surface area contributed by atoms with Crippen LogP contribution in [0.15, 0.2) is 54.6 Å². The number of carboxylic acids is 1. The molecule has 1 fully saturated rings. The summed E-state index contributed by atoms with van der Waals surface area (Å²) in [7, 11) is -3.01. The number of benzene rings is 3. The van der Waals surface area contributed by atoms with Crippen LogP contribution in [0.2, 0.25) is 0 Å². The number of halogens is 1. The third-order valence-corrected chi connectivity index (χ3v) is 7.93. The highest BCUT2D eigenvalue weighted by Crippen LogP contribution is 2.38. The van der Waals surface area contributed by atoms with Crippen molar-refractivity contribution in [3.63, 3.8) is 0 Å². The number of hydrogen-bond acceptors (Lipinski definition) is 6. The number of aryl methyl sites for hydroxylation is 2. The van der Waals surface area contributed by atoms with Gasteiger partial charge in [-0.2, -0.15) is 0 Å². The lowest BCUT2D eigenvalue weighted by atomic mass is 9.76. The molecule has 1 heterocycles. The van der Waals surface area contributed by atoms with Crippen LogP contribution in [0.4, 0.5) is 4.39 Å². The van der Waals surface area contributed by atoms with Gasteiger partial charge in [0.2, 0.25) is 0 Å². The second-order valence-corrected chi connectivity index (χ2v) is 12.5. The normalized spacial score (nSPS) is 14.5. The molecule has 0 aromatic heterocycles. The van der Waals surface area contributed by atoms with Gasteiger partial charge in [0.05, 0.1) is 37.4 Å². The van der Waals surface area contributed by atoms with Crippen molar-refractivity contribution in [3.05, 3.63) is 82.7 Å². The second kappa shape index (κ2) is 11.8. The lowest BCUT2D eigenvalue weighted by molar-refractivity contribution is -0.145. The summed E-state index contributed by atoms with van der Waals surface area (Å²) < 4.78 is 54.2. The Kier molecular flexibility index (Phi) is 8.61. The zero-order valence-electron chi connectivity index (χ0n) is 22.3. The third kappa shape index (κ3) is 7.16. The fourth-order valence-electron chi connectivity index (χ4n) is 4.71. The highest BCUT2D eigenvalue weighted by atomic mass is 32.2. The van der Waals surface area contributed by atoms with E-state index in [2.05, 4.69) is 0 Å². The molecule has 3 aromatic rings. The van der Waals surface area contributed by atoms with Gasteiger partial charge < -0.3 is 19.3 Å². The molecular weight excluding hydrogens is 523 g/mol. The van der Waals surface area contributed by atoms with E-state index in [1.165, 1.54) is 12.3 Å². The smallest absolute Gasteiger partial charge is 0.304 e. The predicted molar refractivity (Wildman–Crippen MR) is 147 cm³/mol. The molecule has 208 valence electrons. The van der Waals surface area contributed by atoms with Crippen LogP contribution in [0.5, 0.6) is 11.5 Å². The molecule has 1 N–H and O–H groups in total. The van der Waals surface area contributed by atoms with Crippen LogP contribution in [-0.2, 0) is 31.4 Å². The topological polar surface area (TPSA) is 99.1 Å². The van der Waals surface area contributed by atoms with Crippen molar-refractivity contribution in [3.8, 4) is 22.6 Å². The molecule has 0 bridgehead atoms. The zero-order valence-corrected chi connectivity index (χ0v) is 23.1. The van der Waals surface area contributed by atoms with Crippen LogP contribution in [0.3, 0.4) is 0 Å². The molecule has 0 amide bonds. The van der Waals surface area contributed by atoms with Gasteiger partial charge in [-0.3, -0.25) is 4.79 Å². The molecule has 0 unspecified atom stereocenters. The number of sulfone groups is 1. The van der Waals surface area contributed by atoms with Crippen molar-refractivity contribution in [2.75, 3.05) is 31.8 Å². The van der Waals surface area contributed by atoms with Crippen molar-refractivity contribution in [1.29, 1.82) is 0 Å². The first kappa shape index (κ1) is 28.6. The van der Waals surface area contributed by atoms with Crippen molar-refractivity contribution in [2.45, 2.75) is 38.7 Å². The maximum atomic E-state index is 14.9. The fourth-order valence-corrected chi connectivity index (χ4v) is 5.35. The summed E-state index contributed by atoms with van der Waals surface area (Å²) in [4.78, 5) is 11.3. The molecular formula is C30H33FO7S. The van der Waals surface area contributed by atoms with E-state index in [9.17, 15) is 22.7 Å². The van der Waals surface area contributed by atoms with Gasteiger partial charge in [0.15, 0.2) is 11.6 Å². The van der Waals surface area contributed by atoms with Crippen molar-refractivity contribution < 1.29 is 36.9 Å².